The van der Waals surface area contributed by atoms with E-state index in [0.717, 1.165) is 26.0 Å². The summed E-state index contributed by atoms with van der Waals surface area (Å²) >= 11 is 9.25. The molecule has 0 amide bonds. The molecule has 0 unspecified atom stereocenters. The Labute approximate surface area is 99.8 Å². The second-order valence-corrected chi connectivity index (χ2v) is 4.65. The molecule has 0 aliphatic rings. The van der Waals surface area contributed by atoms with Gasteiger partial charge in [0.25, 0.3) is 0 Å². The fraction of sp³-hybridized carbons (Fsp3) is 0. The van der Waals surface area contributed by atoms with Crippen LogP contribution in [0.4, 0.5) is 0 Å². The molecule has 0 atom stereocenters. The molecular weight excluding hydrogens is 275 g/mol. The van der Waals surface area contributed by atoms with E-state index in [2.05, 4.69) is 22.0 Å². The zero-order chi connectivity index (χ0) is 10.4. The summed E-state index contributed by atoms with van der Waals surface area (Å²) < 4.78 is 6.24. The average Bonchev–Trinajstić information content (AvgIpc) is 2.53. The number of rotatable bonds is 0. The Morgan fingerprint density at radius 3 is 2.67 bits per heavy atom. The lowest BCUT2D eigenvalue weighted by atomic mass is 10.1. The highest BCUT2D eigenvalue weighted by molar-refractivity contribution is 9.10. The summed E-state index contributed by atoms with van der Waals surface area (Å²) in [5.74, 6) is 0. The smallest absolute Gasteiger partial charge is 0.170 e. The molecule has 0 aliphatic heterocycles. The summed E-state index contributed by atoms with van der Waals surface area (Å²) in [6.45, 7) is 0. The normalized spacial score (nSPS) is 11.3. The molecule has 0 spiro atoms. The van der Waals surface area contributed by atoms with Crippen molar-refractivity contribution in [1.29, 1.82) is 0 Å². The van der Waals surface area contributed by atoms with Gasteiger partial charge in [0.2, 0.25) is 0 Å². The molecule has 0 radical (unpaired) electrons. The number of benzene rings is 2. The van der Waals surface area contributed by atoms with E-state index < -0.39 is 0 Å². The quantitative estimate of drug-likeness (QED) is 0.565. The molecule has 0 N–H and O–H groups in total. The van der Waals surface area contributed by atoms with Crippen LogP contribution in [0.2, 0.25) is 5.02 Å². The maximum atomic E-state index is 5.94. The molecular formula is C12H6BrClO. The number of hydrogen-bond donors (Lipinski definition) is 0. The molecule has 1 aromatic heterocycles. The lowest BCUT2D eigenvalue weighted by molar-refractivity contribution is 0.588. The lowest BCUT2D eigenvalue weighted by Crippen LogP contribution is -1.72. The Kier molecular flexibility index (Phi) is 2.01. The van der Waals surface area contributed by atoms with Gasteiger partial charge >= 0.3 is 0 Å². The molecule has 2 aromatic carbocycles. The molecule has 1 heterocycles. The van der Waals surface area contributed by atoms with Gasteiger partial charge in [-0.3, -0.25) is 0 Å². The van der Waals surface area contributed by atoms with Gasteiger partial charge in [-0.15, -0.1) is 0 Å². The monoisotopic (exact) mass is 280 g/mol. The summed E-state index contributed by atoms with van der Waals surface area (Å²) in [7, 11) is 0. The van der Waals surface area contributed by atoms with Gasteiger partial charge in [0.05, 0.1) is 0 Å². The molecule has 1 nitrogen and oxygen atoms in total. The highest BCUT2D eigenvalue weighted by atomic mass is 79.9. The lowest BCUT2D eigenvalue weighted by Gasteiger charge is -1.98. The average molecular weight is 282 g/mol. The van der Waals surface area contributed by atoms with Crippen LogP contribution >= 0.6 is 27.5 Å². The summed E-state index contributed by atoms with van der Waals surface area (Å²) in [6.07, 6.45) is 0. The van der Waals surface area contributed by atoms with Gasteiger partial charge in [-0.2, -0.15) is 0 Å². The van der Waals surface area contributed by atoms with E-state index in [4.69, 9.17) is 16.0 Å². The first-order valence-corrected chi connectivity index (χ1v) is 5.68. The minimum Gasteiger partial charge on any atom is -0.449 e. The van der Waals surface area contributed by atoms with Crippen molar-refractivity contribution >= 4 is 49.3 Å². The van der Waals surface area contributed by atoms with Gasteiger partial charge in [0.15, 0.2) is 4.67 Å². The predicted molar refractivity (Wildman–Crippen MR) is 66.4 cm³/mol. The fourth-order valence-corrected chi connectivity index (χ4v) is 2.32. The highest BCUT2D eigenvalue weighted by Crippen LogP contribution is 2.29. The molecule has 0 saturated heterocycles. The Morgan fingerprint density at radius 1 is 0.933 bits per heavy atom. The molecule has 15 heavy (non-hydrogen) atoms. The predicted octanol–water partition coefficient (Wildman–Crippen LogP) is 5.00. The minimum atomic E-state index is 0.743. The first-order valence-electron chi connectivity index (χ1n) is 4.51. The molecule has 74 valence electrons. The second kappa shape index (κ2) is 3.26. The van der Waals surface area contributed by atoms with Crippen LogP contribution in [0, 0.1) is 0 Å². The van der Waals surface area contributed by atoms with Crippen LogP contribution in [0.25, 0.3) is 21.7 Å². The SMILES string of the molecule is Clc1ccc2cc3cc(Br)oc3cc2c1. The van der Waals surface area contributed by atoms with E-state index in [-0.39, 0.29) is 0 Å². The summed E-state index contributed by atoms with van der Waals surface area (Å²) in [6, 6.07) is 11.9. The van der Waals surface area contributed by atoms with E-state index >= 15 is 0 Å². The first-order chi connectivity index (χ1) is 7.22. The maximum absolute atomic E-state index is 5.94. The summed E-state index contributed by atoms with van der Waals surface area (Å²) in [4.78, 5) is 0. The zero-order valence-electron chi connectivity index (χ0n) is 7.63. The number of furan rings is 1. The Balaban J connectivity index is 2.46. The molecule has 3 heteroatoms. The van der Waals surface area contributed by atoms with Crippen molar-refractivity contribution in [3.8, 4) is 0 Å². The van der Waals surface area contributed by atoms with Crippen LogP contribution < -0.4 is 0 Å². The van der Waals surface area contributed by atoms with Crippen LogP contribution in [0.3, 0.4) is 0 Å². The van der Waals surface area contributed by atoms with E-state index in [9.17, 15) is 0 Å². The van der Waals surface area contributed by atoms with Gasteiger partial charge in [-0.1, -0.05) is 17.7 Å². The number of fused-ring (bicyclic) bond motifs is 2. The maximum Gasteiger partial charge on any atom is 0.170 e. The van der Waals surface area contributed by atoms with E-state index in [1.165, 1.54) is 5.39 Å². The molecule has 3 rings (SSSR count). The molecule has 0 aliphatic carbocycles. The largest absolute Gasteiger partial charge is 0.449 e. The van der Waals surface area contributed by atoms with Crippen LogP contribution in [0.1, 0.15) is 0 Å². The topological polar surface area (TPSA) is 13.1 Å². The van der Waals surface area contributed by atoms with Crippen molar-refractivity contribution in [1.82, 2.24) is 0 Å². The zero-order valence-corrected chi connectivity index (χ0v) is 9.97. The van der Waals surface area contributed by atoms with Gasteiger partial charge in [-0.25, -0.2) is 0 Å². The Hall–Kier alpha value is -0.990. The van der Waals surface area contributed by atoms with Crippen LogP contribution in [0.5, 0.6) is 0 Å². The van der Waals surface area contributed by atoms with Crippen molar-refractivity contribution in [2.75, 3.05) is 0 Å². The second-order valence-electron chi connectivity index (χ2n) is 3.43. The third kappa shape index (κ3) is 1.54. The standard InChI is InChI=1S/C12H6BrClO/c13-12-6-9-3-7-1-2-10(14)4-8(7)5-11(9)15-12/h1-6H. The Morgan fingerprint density at radius 2 is 1.80 bits per heavy atom. The van der Waals surface area contributed by atoms with Crippen molar-refractivity contribution < 1.29 is 4.42 Å². The summed E-state index contributed by atoms with van der Waals surface area (Å²) in [5, 5.41) is 4.10. The van der Waals surface area contributed by atoms with E-state index in [1.807, 2.05) is 30.3 Å². The summed E-state index contributed by atoms with van der Waals surface area (Å²) in [5.41, 5.74) is 0.872. The molecule has 0 fully saturated rings. The number of hydrogen-bond acceptors (Lipinski definition) is 1. The molecule has 3 aromatic rings. The van der Waals surface area contributed by atoms with Gasteiger partial charge < -0.3 is 4.42 Å². The van der Waals surface area contributed by atoms with Crippen LogP contribution in [-0.4, -0.2) is 0 Å². The highest BCUT2D eigenvalue weighted by Gasteiger charge is 2.03. The molecule has 0 saturated carbocycles. The van der Waals surface area contributed by atoms with Gasteiger partial charge in [-0.05, 0) is 57.0 Å². The minimum absolute atomic E-state index is 0.743. The number of halogens is 2. The fourth-order valence-electron chi connectivity index (χ4n) is 1.72. The van der Waals surface area contributed by atoms with Gasteiger partial charge in [0, 0.05) is 10.4 Å². The van der Waals surface area contributed by atoms with Crippen molar-refractivity contribution in [2.24, 2.45) is 0 Å². The van der Waals surface area contributed by atoms with E-state index in [1.54, 1.807) is 0 Å². The van der Waals surface area contributed by atoms with Gasteiger partial charge in [0.1, 0.15) is 5.58 Å². The van der Waals surface area contributed by atoms with Crippen molar-refractivity contribution in [2.45, 2.75) is 0 Å². The van der Waals surface area contributed by atoms with Crippen LogP contribution in [0.15, 0.2) is 45.5 Å². The third-order valence-electron chi connectivity index (χ3n) is 2.41. The van der Waals surface area contributed by atoms with Crippen molar-refractivity contribution in [3.05, 3.63) is 46.1 Å². The third-order valence-corrected chi connectivity index (χ3v) is 3.03. The van der Waals surface area contributed by atoms with Crippen LogP contribution in [-0.2, 0) is 0 Å². The van der Waals surface area contributed by atoms with Crippen molar-refractivity contribution in [3.63, 3.8) is 0 Å². The first kappa shape index (κ1) is 9.25. The molecule has 0 bridgehead atoms. The Bertz CT molecular complexity index is 657. The van der Waals surface area contributed by atoms with E-state index in [0.29, 0.717) is 0 Å².